The second-order valence-corrected chi connectivity index (χ2v) is 15.3. The van der Waals surface area contributed by atoms with Gasteiger partial charge >= 0.3 is 0 Å². The van der Waals surface area contributed by atoms with Crippen LogP contribution in [0.1, 0.15) is 49.2 Å². The fraction of sp³-hybridized carbons (Fsp3) is 0.0690. The highest BCUT2D eigenvalue weighted by molar-refractivity contribution is 5.85. The maximum absolute atomic E-state index is 5.20. The largest absolute Gasteiger partial charge is 0.257 e. The first-order chi connectivity index (χ1) is 30.6. The molecule has 4 heteroatoms. The minimum atomic E-state index is 0.617. The third-order valence-electron chi connectivity index (χ3n) is 11.1. The summed E-state index contributed by atoms with van der Waals surface area (Å²) in [6, 6.07) is 57.7. The van der Waals surface area contributed by atoms with Gasteiger partial charge in [-0.1, -0.05) is 183 Å². The lowest BCUT2D eigenvalue weighted by Gasteiger charge is -2.14. The quantitative estimate of drug-likeness (QED) is 0.129. The molecule has 1 aliphatic rings. The summed E-state index contributed by atoms with van der Waals surface area (Å²) in [5.74, 6) is 1.90. The topological polar surface area (TPSA) is 51.6 Å². The molecule has 8 aromatic rings. The number of allylic oxidation sites excluding steroid dienone is 6. The van der Waals surface area contributed by atoms with Crippen LogP contribution in [0.2, 0.25) is 0 Å². The maximum Gasteiger partial charge on any atom is 0.164 e. The Kier molecular flexibility index (Phi) is 11.9. The van der Waals surface area contributed by atoms with Crippen molar-refractivity contribution in [1.82, 2.24) is 19.9 Å². The molecule has 0 aliphatic heterocycles. The van der Waals surface area contributed by atoms with Gasteiger partial charge in [-0.25, -0.2) is 15.0 Å². The zero-order chi connectivity index (χ0) is 42.1. The Morgan fingerprint density at radius 3 is 2.00 bits per heavy atom. The van der Waals surface area contributed by atoms with Gasteiger partial charge in [0.05, 0.1) is 5.35 Å². The van der Waals surface area contributed by atoms with Crippen molar-refractivity contribution in [3.8, 4) is 56.2 Å². The van der Waals surface area contributed by atoms with Crippen LogP contribution in [0.25, 0.3) is 85.5 Å². The zero-order valence-corrected chi connectivity index (χ0v) is 35.0. The molecule has 0 N–H and O–H groups in total. The lowest BCUT2D eigenvalue weighted by Crippen LogP contribution is -2.29. The molecule has 0 saturated carbocycles. The number of nitrogens with zero attached hydrogens (tertiary/aromatic N) is 4. The van der Waals surface area contributed by atoms with E-state index in [0.717, 1.165) is 73.5 Å². The molecule has 4 nitrogen and oxygen atoms in total. The van der Waals surface area contributed by atoms with Gasteiger partial charge in [-0.15, -0.1) is 0 Å². The monoisotopic (exact) mass is 798 g/mol. The SMILES string of the molecule is CC/C=c1/nccc/c1=C(/C)c1cccc(-c2cc(-c3cccc(/C=C/c4ccccc4-c4ccccc4)c3)cc(-c3nc(C4=CCC=CC=C4)nc(-c4ccccc4)n3)c2)c1. The van der Waals surface area contributed by atoms with E-state index in [1.54, 1.807) is 0 Å². The van der Waals surface area contributed by atoms with Crippen molar-refractivity contribution in [2.24, 2.45) is 0 Å². The Morgan fingerprint density at radius 2 is 1.21 bits per heavy atom. The standard InChI is InChI=1S/C58H46N4/c1-3-19-55-53(32-18-35-59-55)41(2)47-28-17-30-49(37-47)51-38-50(48-29-16-20-42(36-48)33-34-44-23-14-15-31-54(44)43-21-10-6-11-22-43)39-52(40-51)58-61-56(45-24-8-4-5-9-25-45)60-57(62-58)46-26-12-7-13-27-46/h4-8,10-40H,3,9H2,1-2H3/b34-33+,53-41+,55-19+. The van der Waals surface area contributed by atoms with Crippen molar-refractivity contribution >= 4 is 29.4 Å². The molecule has 6 aromatic carbocycles. The van der Waals surface area contributed by atoms with Crippen molar-refractivity contribution < 1.29 is 0 Å². The molecule has 298 valence electrons. The van der Waals surface area contributed by atoms with E-state index < -0.39 is 0 Å². The average molecular weight is 799 g/mol. The number of hydrogen-bond donors (Lipinski definition) is 0. The van der Waals surface area contributed by atoms with Crippen LogP contribution >= 0.6 is 0 Å². The third-order valence-corrected chi connectivity index (χ3v) is 11.1. The minimum Gasteiger partial charge on any atom is -0.257 e. The molecule has 0 fully saturated rings. The second kappa shape index (κ2) is 18.6. The summed E-state index contributed by atoms with van der Waals surface area (Å²) in [4.78, 5) is 20.1. The van der Waals surface area contributed by atoms with Gasteiger partial charge in [0.15, 0.2) is 17.5 Å². The first kappa shape index (κ1) is 39.6. The van der Waals surface area contributed by atoms with Crippen molar-refractivity contribution in [1.29, 1.82) is 0 Å². The van der Waals surface area contributed by atoms with E-state index in [9.17, 15) is 0 Å². The van der Waals surface area contributed by atoms with E-state index in [1.807, 2.05) is 36.5 Å². The summed E-state index contributed by atoms with van der Waals surface area (Å²) in [6.45, 7) is 4.33. The van der Waals surface area contributed by atoms with Crippen molar-refractivity contribution in [2.45, 2.75) is 26.7 Å². The molecular formula is C58H46N4. The summed E-state index contributed by atoms with van der Waals surface area (Å²) in [5, 5.41) is 2.15. The Hall–Kier alpha value is -7.82. The summed E-state index contributed by atoms with van der Waals surface area (Å²) in [5.41, 5.74) is 14.1. The molecule has 0 bridgehead atoms. The van der Waals surface area contributed by atoms with E-state index in [0.29, 0.717) is 17.5 Å². The smallest absolute Gasteiger partial charge is 0.164 e. The Bertz CT molecular complexity index is 3140. The molecule has 0 atom stereocenters. The van der Waals surface area contributed by atoms with E-state index >= 15 is 0 Å². The summed E-state index contributed by atoms with van der Waals surface area (Å²) < 4.78 is 0. The van der Waals surface area contributed by atoms with E-state index in [1.165, 1.54) is 22.3 Å². The molecule has 0 radical (unpaired) electrons. The van der Waals surface area contributed by atoms with Crippen molar-refractivity contribution in [2.75, 3.05) is 0 Å². The number of benzene rings is 6. The van der Waals surface area contributed by atoms with Gasteiger partial charge < -0.3 is 0 Å². The molecule has 1 aliphatic carbocycles. The first-order valence-corrected chi connectivity index (χ1v) is 21.3. The van der Waals surface area contributed by atoms with Crippen molar-refractivity contribution in [3.05, 3.63) is 233 Å². The second-order valence-electron chi connectivity index (χ2n) is 15.3. The lowest BCUT2D eigenvalue weighted by atomic mass is 9.93. The van der Waals surface area contributed by atoms with Gasteiger partial charge in [-0.05, 0) is 112 Å². The minimum absolute atomic E-state index is 0.617. The normalized spacial score (nSPS) is 13.3. The maximum atomic E-state index is 5.20. The highest BCUT2D eigenvalue weighted by Gasteiger charge is 2.16. The molecular weight excluding hydrogens is 753 g/mol. The van der Waals surface area contributed by atoms with Crippen molar-refractivity contribution in [3.63, 3.8) is 0 Å². The van der Waals surface area contributed by atoms with Crippen LogP contribution in [0.3, 0.4) is 0 Å². The van der Waals surface area contributed by atoms with Gasteiger partial charge in [0.1, 0.15) is 0 Å². The Morgan fingerprint density at radius 1 is 0.548 bits per heavy atom. The highest BCUT2D eigenvalue weighted by atomic mass is 15.0. The van der Waals surface area contributed by atoms with Crippen LogP contribution in [-0.2, 0) is 0 Å². The molecule has 9 rings (SSSR count). The summed E-state index contributed by atoms with van der Waals surface area (Å²) in [6.07, 6.45) is 20.7. The fourth-order valence-electron chi connectivity index (χ4n) is 7.89. The molecule has 0 saturated heterocycles. The van der Waals surface area contributed by atoms with Gasteiger partial charge in [-0.3, -0.25) is 4.98 Å². The summed E-state index contributed by atoms with van der Waals surface area (Å²) in [7, 11) is 0. The van der Waals surface area contributed by atoms with Gasteiger partial charge in [0.2, 0.25) is 0 Å². The summed E-state index contributed by atoms with van der Waals surface area (Å²) >= 11 is 0. The number of aromatic nitrogens is 4. The number of pyridine rings is 1. The van der Waals surface area contributed by atoms with Crippen LogP contribution in [-0.4, -0.2) is 19.9 Å². The first-order valence-electron chi connectivity index (χ1n) is 21.3. The number of rotatable bonds is 10. The third kappa shape index (κ3) is 9.01. The molecule has 0 unspecified atom stereocenters. The Labute approximate surface area is 364 Å². The lowest BCUT2D eigenvalue weighted by molar-refractivity contribution is 1.04. The predicted molar refractivity (Wildman–Crippen MR) is 260 cm³/mol. The van der Waals surface area contributed by atoms with Crippen LogP contribution in [0.5, 0.6) is 0 Å². The molecule has 62 heavy (non-hydrogen) atoms. The molecule has 2 aromatic heterocycles. The highest BCUT2D eigenvalue weighted by Crippen LogP contribution is 2.35. The fourth-order valence-corrected chi connectivity index (χ4v) is 7.89. The van der Waals surface area contributed by atoms with E-state index in [4.69, 9.17) is 19.9 Å². The average Bonchev–Trinajstić information content (AvgIpc) is 3.64. The van der Waals surface area contributed by atoms with Crippen LogP contribution in [0, 0.1) is 0 Å². The van der Waals surface area contributed by atoms with Gasteiger partial charge in [0, 0.05) is 28.1 Å². The molecule has 2 heterocycles. The van der Waals surface area contributed by atoms with Gasteiger partial charge in [-0.2, -0.15) is 0 Å². The Balaban J connectivity index is 1.20. The predicted octanol–water partition coefficient (Wildman–Crippen LogP) is 13.1. The number of hydrogen-bond acceptors (Lipinski definition) is 4. The van der Waals surface area contributed by atoms with Crippen LogP contribution in [0.4, 0.5) is 0 Å². The van der Waals surface area contributed by atoms with Crippen LogP contribution in [0.15, 0.2) is 200 Å². The molecule has 0 spiro atoms. The zero-order valence-electron chi connectivity index (χ0n) is 35.0. The molecule has 0 amide bonds. The van der Waals surface area contributed by atoms with E-state index in [2.05, 4.69) is 196 Å². The van der Waals surface area contributed by atoms with Crippen LogP contribution < -0.4 is 10.6 Å². The van der Waals surface area contributed by atoms with E-state index in [-0.39, 0.29) is 0 Å². The van der Waals surface area contributed by atoms with Gasteiger partial charge in [0.25, 0.3) is 0 Å².